The molecule has 0 spiro atoms. The molecule has 0 saturated heterocycles. The molecule has 0 aliphatic heterocycles. The molecule has 0 aliphatic carbocycles. The number of sulfone groups is 1. The second-order valence-electron chi connectivity index (χ2n) is 6.12. The van der Waals surface area contributed by atoms with Crippen LogP contribution in [0.4, 0.5) is 0 Å². The van der Waals surface area contributed by atoms with E-state index >= 15 is 0 Å². The third-order valence-corrected chi connectivity index (χ3v) is 5.71. The van der Waals surface area contributed by atoms with E-state index in [-0.39, 0.29) is 16.5 Å². The van der Waals surface area contributed by atoms with Crippen molar-refractivity contribution < 1.29 is 12.6 Å². The summed E-state index contributed by atoms with van der Waals surface area (Å²) in [6.07, 6.45) is 1.75. The standard InChI is InChI=1S/C13H29N3O3S2/c1-11(7-10-21(6,18)19)16-12(14-5)15-8-9-20(17)13(2,3)4/h11H,7-10H2,1-6H3,(H2,14,15,16). The molecule has 0 heterocycles. The molecular formula is C13H29N3O3S2. The Labute approximate surface area is 131 Å². The summed E-state index contributed by atoms with van der Waals surface area (Å²) < 4.78 is 33.9. The van der Waals surface area contributed by atoms with Crippen molar-refractivity contribution >= 4 is 26.6 Å². The average Bonchev–Trinajstić information content (AvgIpc) is 2.32. The number of aliphatic imine (C=N–C) groups is 1. The van der Waals surface area contributed by atoms with Crippen LogP contribution in [0.15, 0.2) is 4.99 Å². The lowest BCUT2D eigenvalue weighted by Gasteiger charge is -2.20. The molecule has 126 valence electrons. The molecule has 0 aromatic carbocycles. The molecule has 21 heavy (non-hydrogen) atoms. The molecule has 0 radical (unpaired) electrons. The van der Waals surface area contributed by atoms with Crippen molar-refractivity contribution in [2.24, 2.45) is 4.99 Å². The van der Waals surface area contributed by atoms with Crippen LogP contribution in [0.3, 0.4) is 0 Å². The van der Waals surface area contributed by atoms with E-state index in [2.05, 4.69) is 15.6 Å². The highest BCUT2D eigenvalue weighted by molar-refractivity contribution is 7.90. The summed E-state index contributed by atoms with van der Waals surface area (Å²) in [6, 6.07) is -0.000890. The molecule has 0 aromatic rings. The molecule has 0 aliphatic rings. The van der Waals surface area contributed by atoms with Gasteiger partial charge in [0.1, 0.15) is 9.84 Å². The Balaban J connectivity index is 4.16. The number of nitrogens with one attached hydrogen (secondary N) is 2. The SMILES string of the molecule is CN=C(NCCS(=O)C(C)(C)C)NC(C)CCS(C)(=O)=O. The van der Waals surface area contributed by atoms with Crippen molar-refractivity contribution in [3.05, 3.63) is 0 Å². The second-order valence-corrected chi connectivity index (χ2v) is 10.7. The van der Waals surface area contributed by atoms with Crippen LogP contribution >= 0.6 is 0 Å². The summed E-state index contributed by atoms with van der Waals surface area (Å²) >= 11 is 0. The smallest absolute Gasteiger partial charge is 0.191 e. The normalized spacial score (nSPS) is 16.4. The van der Waals surface area contributed by atoms with E-state index in [1.807, 2.05) is 27.7 Å². The number of hydrogen-bond acceptors (Lipinski definition) is 4. The van der Waals surface area contributed by atoms with Gasteiger partial charge in [-0.05, 0) is 34.1 Å². The van der Waals surface area contributed by atoms with Crippen molar-refractivity contribution in [2.75, 3.05) is 31.4 Å². The molecule has 2 N–H and O–H groups in total. The molecule has 0 rings (SSSR count). The monoisotopic (exact) mass is 339 g/mol. The van der Waals surface area contributed by atoms with Gasteiger partial charge >= 0.3 is 0 Å². The van der Waals surface area contributed by atoms with Gasteiger partial charge in [-0.1, -0.05) is 0 Å². The van der Waals surface area contributed by atoms with Crippen molar-refractivity contribution in [3.63, 3.8) is 0 Å². The number of guanidine groups is 1. The van der Waals surface area contributed by atoms with E-state index in [9.17, 15) is 12.6 Å². The first-order valence-corrected chi connectivity index (χ1v) is 10.4. The highest BCUT2D eigenvalue weighted by Crippen LogP contribution is 2.10. The van der Waals surface area contributed by atoms with Crippen molar-refractivity contribution in [1.82, 2.24) is 10.6 Å². The minimum Gasteiger partial charge on any atom is -0.355 e. The lowest BCUT2D eigenvalue weighted by molar-refractivity contribution is 0.581. The Kier molecular flexibility index (Phi) is 8.46. The third-order valence-electron chi connectivity index (χ3n) is 2.79. The summed E-state index contributed by atoms with van der Waals surface area (Å²) in [6.45, 7) is 8.31. The summed E-state index contributed by atoms with van der Waals surface area (Å²) in [7, 11) is -2.20. The average molecular weight is 340 g/mol. The van der Waals surface area contributed by atoms with Gasteiger partial charge in [0.05, 0.1) is 5.75 Å². The highest BCUT2D eigenvalue weighted by atomic mass is 32.2. The first kappa shape index (κ1) is 20.4. The van der Waals surface area contributed by atoms with Crippen LogP contribution < -0.4 is 10.6 Å². The van der Waals surface area contributed by atoms with Crippen molar-refractivity contribution in [3.8, 4) is 0 Å². The minimum absolute atomic E-state index is 0.000890. The van der Waals surface area contributed by atoms with Crippen LogP contribution in [-0.4, -0.2) is 60.7 Å². The molecule has 0 saturated carbocycles. The first-order chi connectivity index (χ1) is 9.45. The number of hydrogen-bond donors (Lipinski definition) is 2. The van der Waals surface area contributed by atoms with Crippen LogP contribution in [0.1, 0.15) is 34.1 Å². The zero-order valence-corrected chi connectivity index (χ0v) is 15.5. The molecule has 0 aromatic heterocycles. The van der Waals surface area contributed by atoms with Crippen LogP contribution in [0, 0.1) is 0 Å². The molecule has 6 nitrogen and oxygen atoms in total. The van der Waals surface area contributed by atoms with Crippen LogP contribution in [0.25, 0.3) is 0 Å². The Hall–Kier alpha value is -0.630. The molecular weight excluding hydrogens is 310 g/mol. The van der Waals surface area contributed by atoms with Gasteiger partial charge in [0.2, 0.25) is 0 Å². The van der Waals surface area contributed by atoms with Gasteiger partial charge in [0, 0.05) is 47.2 Å². The topological polar surface area (TPSA) is 87.6 Å². The first-order valence-electron chi connectivity index (χ1n) is 6.99. The van der Waals surface area contributed by atoms with E-state index in [1.54, 1.807) is 7.05 Å². The van der Waals surface area contributed by atoms with E-state index in [0.717, 1.165) is 0 Å². The van der Waals surface area contributed by atoms with Gasteiger partial charge in [-0.3, -0.25) is 9.20 Å². The Bertz CT molecular complexity index is 468. The largest absolute Gasteiger partial charge is 0.355 e. The van der Waals surface area contributed by atoms with E-state index < -0.39 is 20.6 Å². The molecule has 0 fully saturated rings. The fourth-order valence-electron chi connectivity index (χ4n) is 1.46. The highest BCUT2D eigenvalue weighted by Gasteiger charge is 2.18. The molecule has 2 unspecified atom stereocenters. The lowest BCUT2D eigenvalue weighted by atomic mass is 10.3. The summed E-state index contributed by atoms with van der Waals surface area (Å²) in [5, 5.41) is 6.22. The molecule has 0 amide bonds. The van der Waals surface area contributed by atoms with Crippen molar-refractivity contribution in [2.45, 2.75) is 44.9 Å². The van der Waals surface area contributed by atoms with E-state index in [0.29, 0.717) is 24.7 Å². The predicted octanol–water partition coefficient (Wildman–Crippen LogP) is 0.522. The molecule has 8 heteroatoms. The minimum atomic E-state index is -2.95. The van der Waals surface area contributed by atoms with Gasteiger partial charge in [-0.15, -0.1) is 0 Å². The summed E-state index contributed by atoms with van der Waals surface area (Å²) in [5.41, 5.74) is 0. The van der Waals surface area contributed by atoms with Gasteiger partial charge < -0.3 is 10.6 Å². The molecule has 2 atom stereocenters. The van der Waals surface area contributed by atoms with Crippen LogP contribution in [0.2, 0.25) is 0 Å². The second kappa shape index (κ2) is 8.73. The maximum atomic E-state index is 11.9. The maximum Gasteiger partial charge on any atom is 0.191 e. The Morgan fingerprint density at radius 1 is 1.33 bits per heavy atom. The molecule has 0 bridgehead atoms. The number of nitrogens with zero attached hydrogens (tertiary/aromatic N) is 1. The van der Waals surface area contributed by atoms with Gasteiger partial charge in [-0.2, -0.15) is 0 Å². The van der Waals surface area contributed by atoms with E-state index in [4.69, 9.17) is 0 Å². The Morgan fingerprint density at radius 3 is 2.33 bits per heavy atom. The van der Waals surface area contributed by atoms with Crippen LogP contribution in [0.5, 0.6) is 0 Å². The number of rotatable bonds is 7. The van der Waals surface area contributed by atoms with Gasteiger partial charge in [0.15, 0.2) is 5.96 Å². The Morgan fingerprint density at radius 2 is 1.90 bits per heavy atom. The van der Waals surface area contributed by atoms with Crippen molar-refractivity contribution in [1.29, 1.82) is 0 Å². The fourth-order valence-corrected chi connectivity index (χ4v) is 3.14. The van der Waals surface area contributed by atoms with Gasteiger partial charge in [-0.25, -0.2) is 8.42 Å². The third kappa shape index (κ3) is 10.7. The quantitative estimate of drug-likeness (QED) is 0.522. The lowest BCUT2D eigenvalue weighted by Crippen LogP contribution is -2.44. The van der Waals surface area contributed by atoms with Crippen LogP contribution in [-0.2, 0) is 20.6 Å². The van der Waals surface area contributed by atoms with Gasteiger partial charge in [0.25, 0.3) is 0 Å². The summed E-state index contributed by atoms with van der Waals surface area (Å²) in [4.78, 5) is 4.08. The van der Waals surface area contributed by atoms with E-state index in [1.165, 1.54) is 6.26 Å². The predicted molar refractivity (Wildman–Crippen MR) is 91.0 cm³/mol. The zero-order valence-electron chi connectivity index (χ0n) is 13.9. The fraction of sp³-hybridized carbons (Fsp3) is 0.923. The maximum absolute atomic E-state index is 11.9. The zero-order chi connectivity index (χ0) is 16.7. The summed E-state index contributed by atoms with van der Waals surface area (Å²) in [5.74, 6) is 1.29.